The highest BCUT2D eigenvalue weighted by Gasteiger charge is 2.24. The zero-order valence-corrected chi connectivity index (χ0v) is 11.8. The second kappa shape index (κ2) is 6.02. The van der Waals surface area contributed by atoms with Crippen LogP contribution in [-0.4, -0.2) is 55.7 Å². The van der Waals surface area contributed by atoms with Gasteiger partial charge in [-0.1, -0.05) is 6.92 Å². The summed E-state index contributed by atoms with van der Waals surface area (Å²) < 4.78 is 4.74. The minimum Gasteiger partial charge on any atom is -0.465 e. The van der Waals surface area contributed by atoms with E-state index >= 15 is 0 Å². The lowest BCUT2D eigenvalue weighted by Crippen LogP contribution is -2.51. The van der Waals surface area contributed by atoms with E-state index in [9.17, 15) is 4.79 Å². The summed E-state index contributed by atoms with van der Waals surface area (Å²) in [6.45, 7) is 5.10. The molecule has 1 aliphatic heterocycles. The molecule has 5 nitrogen and oxygen atoms in total. The van der Waals surface area contributed by atoms with Gasteiger partial charge in [0.25, 0.3) is 0 Å². The average molecular weight is 263 g/mol. The average Bonchev–Trinajstić information content (AvgIpc) is 2.47. The van der Waals surface area contributed by atoms with E-state index in [0.29, 0.717) is 11.6 Å². The zero-order chi connectivity index (χ0) is 13.8. The molecule has 0 bridgehead atoms. The lowest BCUT2D eigenvalue weighted by Gasteiger charge is -2.39. The van der Waals surface area contributed by atoms with Gasteiger partial charge < -0.3 is 9.64 Å². The molecule has 1 aliphatic rings. The summed E-state index contributed by atoms with van der Waals surface area (Å²) in [7, 11) is 3.55. The first kappa shape index (κ1) is 13.8. The molecule has 0 radical (unpaired) electrons. The molecule has 2 heterocycles. The van der Waals surface area contributed by atoms with Crippen LogP contribution in [0.3, 0.4) is 0 Å². The monoisotopic (exact) mass is 263 g/mol. The molecule has 5 heteroatoms. The highest BCUT2D eigenvalue weighted by molar-refractivity contribution is 5.90. The van der Waals surface area contributed by atoms with Gasteiger partial charge in [0.05, 0.1) is 12.7 Å². The Labute approximate surface area is 114 Å². The van der Waals surface area contributed by atoms with E-state index in [-0.39, 0.29) is 5.97 Å². The number of carbonyl (C=O) groups excluding carboxylic acids is 1. The number of hydrogen-bond donors (Lipinski definition) is 0. The van der Waals surface area contributed by atoms with Gasteiger partial charge in [-0.05, 0) is 25.6 Å². The fourth-order valence-corrected chi connectivity index (χ4v) is 2.43. The van der Waals surface area contributed by atoms with Gasteiger partial charge in [0.1, 0.15) is 5.82 Å². The van der Waals surface area contributed by atoms with E-state index in [1.807, 2.05) is 6.07 Å². The van der Waals surface area contributed by atoms with Gasteiger partial charge in [0.15, 0.2) is 0 Å². The maximum atomic E-state index is 11.5. The van der Waals surface area contributed by atoms with Crippen molar-refractivity contribution >= 4 is 11.8 Å². The van der Waals surface area contributed by atoms with Gasteiger partial charge in [-0.15, -0.1) is 0 Å². The van der Waals surface area contributed by atoms with Crippen LogP contribution in [0.5, 0.6) is 0 Å². The number of nitrogens with zero attached hydrogens (tertiary/aromatic N) is 3. The Kier molecular flexibility index (Phi) is 4.37. The van der Waals surface area contributed by atoms with Crippen molar-refractivity contribution in [1.29, 1.82) is 0 Å². The third kappa shape index (κ3) is 3.04. The number of likely N-dealkylation sites (N-methyl/N-ethyl adjacent to an activating group) is 1. The molecular formula is C14H21N3O2. The number of methoxy groups -OCH3 is 1. The predicted molar refractivity (Wildman–Crippen MR) is 74.5 cm³/mol. The number of aromatic nitrogens is 1. The molecule has 104 valence electrons. The number of hydrogen-bond acceptors (Lipinski definition) is 5. The van der Waals surface area contributed by atoms with Crippen LogP contribution in [0.1, 0.15) is 23.7 Å². The smallest absolute Gasteiger partial charge is 0.338 e. The number of anilines is 1. The Morgan fingerprint density at radius 3 is 3.00 bits per heavy atom. The van der Waals surface area contributed by atoms with E-state index < -0.39 is 0 Å². The van der Waals surface area contributed by atoms with Crippen molar-refractivity contribution in [1.82, 2.24) is 9.88 Å². The Morgan fingerprint density at radius 2 is 2.32 bits per heavy atom. The zero-order valence-electron chi connectivity index (χ0n) is 11.8. The van der Waals surface area contributed by atoms with Crippen LogP contribution < -0.4 is 4.90 Å². The third-order valence-corrected chi connectivity index (χ3v) is 3.74. The van der Waals surface area contributed by atoms with Crippen molar-refractivity contribution in [3.63, 3.8) is 0 Å². The van der Waals surface area contributed by atoms with E-state index in [2.05, 4.69) is 28.8 Å². The molecule has 1 saturated heterocycles. The van der Waals surface area contributed by atoms with Gasteiger partial charge in [-0.25, -0.2) is 9.78 Å². The molecule has 19 heavy (non-hydrogen) atoms. The van der Waals surface area contributed by atoms with Crippen molar-refractivity contribution in [3.05, 3.63) is 23.9 Å². The Balaban J connectivity index is 2.15. The first-order valence-corrected chi connectivity index (χ1v) is 6.65. The minimum absolute atomic E-state index is 0.315. The summed E-state index contributed by atoms with van der Waals surface area (Å²) in [4.78, 5) is 20.5. The molecule has 1 atom stereocenters. The number of ether oxygens (including phenoxy) is 1. The van der Waals surface area contributed by atoms with Crippen molar-refractivity contribution in [2.75, 3.05) is 38.7 Å². The lowest BCUT2D eigenvalue weighted by atomic mass is 10.1. The SMILES string of the molecule is CCC1CN(c2cc(C(=O)OC)ccn2)CCN1C. The highest BCUT2D eigenvalue weighted by atomic mass is 16.5. The number of rotatable bonds is 3. The summed E-state index contributed by atoms with van der Waals surface area (Å²) in [6, 6.07) is 4.03. The second-order valence-corrected chi connectivity index (χ2v) is 4.88. The Bertz CT molecular complexity index is 450. The summed E-state index contributed by atoms with van der Waals surface area (Å²) >= 11 is 0. The van der Waals surface area contributed by atoms with Crippen LogP contribution in [0.15, 0.2) is 18.3 Å². The summed E-state index contributed by atoms with van der Waals surface area (Å²) in [5.41, 5.74) is 0.555. The van der Waals surface area contributed by atoms with Crippen LogP contribution in [-0.2, 0) is 4.74 Å². The maximum Gasteiger partial charge on any atom is 0.338 e. The largest absolute Gasteiger partial charge is 0.465 e. The summed E-state index contributed by atoms with van der Waals surface area (Å²) in [5.74, 6) is 0.541. The molecule has 0 saturated carbocycles. The van der Waals surface area contributed by atoms with E-state index in [1.54, 1.807) is 12.3 Å². The van der Waals surface area contributed by atoms with E-state index in [4.69, 9.17) is 4.74 Å². The van der Waals surface area contributed by atoms with E-state index in [1.165, 1.54) is 7.11 Å². The standard InChI is InChI=1S/C14H21N3O2/c1-4-12-10-17(8-7-16(12)2)13-9-11(5-6-15-13)14(18)19-3/h5-6,9,12H,4,7-8,10H2,1-3H3. The molecule has 0 N–H and O–H groups in total. The third-order valence-electron chi connectivity index (χ3n) is 3.74. The van der Waals surface area contributed by atoms with Crippen molar-refractivity contribution in [2.24, 2.45) is 0 Å². The number of esters is 1. The first-order chi connectivity index (χ1) is 9.15. The van der Waals surface area contributed by atoms with E-state index in [0.717, 1.165) is 31.9 Å². The number of pyridine rings is 1. The normalized spacial score (nSPS) is 20.4. The van der Waals surface area contributed by atoms with Crippen molar-refractivity contribution in [2.45, 2.75) is 19.4 Å². The predicted octanol–water partition coefficient (Wildman–Crippen LogP) is 1.40. The Hall–Kier alpha value is -1.62. The number of carbonyl (C=O) groups is 1. The quantitative estimate of drug-likeness (QED) is 0.771. The fraction of sp³-hybridized carbons (Fsp3) is 0.571. The summed E-state index contributed by atoms with van der Waals surface area (Å²) in [6.07, 6.45) is 2.78. The lowest BCUT2D eigenvalue weighted by molar-refractivity contribution is 0.0600. The molecular weight excluding hydrogens is 242 g/mol. The van der Waals surface area contributed by atoms with Gasteiger partial charge >= 0.3 is 5.97 Å². The van der Waals surface area contributed by atoms with Crippen LogP contribution in [0, 0.1) is 0 Å². The molecule has 1 aromatic rings. The summed E-state index contributed by atoms with van der Waals surface area (Å²) in [5, 5.41) is 0. The first-order valence-electron chi connectivity index (χ1n) is 6.65. The van der Waals surface area contributed by atoms with Crippen LogP contribution in [0.4, 0.5) is 5.82 Å². The molecule has 1 fully saturated rings. The highest BCUT2D eigenvalue weighted by Crippen LogP contribution is 2.18. The minimum atomic E-state index is -0.315. The molecule has 0 aromatic carbocycles. The molecule has 0 spiro atoms. The molecule has 0 aliphatic carbocycles. The van der Waals surface area contributed by atoms with Crippen molar-refractivity contribution < 1.29 is 9.53 Å². The van der Waals surface area contributed by atoms with Crippen LogP contribution in [0.25, 0.3) is 0 Å². The fourth-order valence-electron chi connectivity index (χ4n) is 2.43. The van der Waals surface area contributed by atoms with Gasteiger partial charge in [-0.2, -0.15) is 0 Å². The van der Waals surface area contributed by atoms with Crippen LogP contribution in [0.2, 0.25) is 0 Å². The number of piperazine rings is 1. The van der Waals surface area contributed by atoms with Crippen molar-refractivity contribution in [3.8, 4) is 0 Å². The molecule has 0 amide bonds. The molecule has 1 aromatic heterocycles. The molecule has 1 unspecified atom stereocenters. The maximum absolute atomic E-state index is 11.5. The van der Waals surface area contributed by atoms with Gasteiger partial charge in [0.2, 0.25) is 0 Å². The van der Waals surface area contributed by atoms with Crippen LogP contribution >= 0.6 is 0 Å². The van der Waals surface area contributed by atoms with Gasteiger partial charge in [-0.3, -0.25) is 4.90 Å². The molecule has 2 rings (SSSR count). The topological polar surface area (TPSA) is 45.7 Å². The second-order valence-electron chi connectivity index (χ2n) is 4.88. The Morgan fingerprint density at radius 1 is 1.53 bits per heavy atom. The van der Waals surface area contributed by atoms with Gasteiger partial charge in [0, 0.05) is 31.9 Å².